The highest BCUT2D eigenvalue weighted by molar-refractivity contribution is 5.81. The molecule has 1 atom stereocenters. The number of carboxylic acids is 1. The molecule has 0 aliphatic heterocycles. The number of carboxylic acid groups (broad SMARTS) is 1. The van der Waals surface area contributed by atoms with E-state index in [2.05, 4.69) is 26.1 Å². The highest BCUT2D eigenvalue weighted by atomic mass is 16.5. The minimum absolute atomic E-state index is 0.0362. The zero-order valence-electron chi connectivity index (χ0n) is 27.3. The molecule has 1 unspecified atom stereocenters. The average Bonchev–Trinajstić information content (AvgIpc) is 2.92. The average molecular weight is 582 g/mol. The number of aliphatic carboxylic acids is 1. The zero-order chi connectivity index (χ0) is 30.4. The summed E-state index contributed by atoms with van der Waals surface area (Å²) in [6, 6.07) is 0. The van der Waals surface area contributed by atoms with Crippen LogP contribution in [0.3, 0.4) is 0 Å². The molecular weight excluding hydrogens is 514 g/mol. The first-order chi connectivity index (χ1) is 19.8. The molecule has 6 heteroatoms. The number of ether oxygens (including phenoxy) is 1. The normalized spacial score (nSPS) is 12.0. The molecule has 6 nitrogen and oxygen atoms in total. The fourth-order valence-corrected chi connectivity index (χ4v) is 5.35. The molecule has 0 saturated heterocycles. The lowest BCUT2D eigenvalue weighted by Gasteiger charge is -2.18. The number of esters is 1. The van der Waals surface area contributed by atoms with Gasteiger partial charge in [-0.2, -0.15) is 0 Å². The van der Waals surface area contributed by atoms with Gasteiger partial charge in [0.25, 0.3) is 0 Å². The molecule has 41 heavy (non-hydrogen) atoms. The molecule has 0 aromatic heterocycles. The second-order valence-corrected chi connectivity index (χ2v) is 12.6. The molecule has 0 aromatic rings. The monoisotopic (exact) mass is 582 g/mol. The summed E-state index contributed by atoms with van der Waals surface area (Å²) in [4.78, 5) is 35.4. The fraction of sp³-hybridized carbons (Fsp3) is 0.914. The Labute approximate surface area is 253 Å². The van der Waals surface area contributed by atoms with Crippen LogP contribution in [0, 0.1) is 5.92 Å². The van der Waals surface area contributed by atoms with Crippen LogP contribution < -0.4 is 5.32 Å². The number of carbonyl (C=O) groups excluding carboxylic acids is 2. The molecule has 0 bridgehead atoms. The number of amides is 1. The third-order valence-corrected chi connectivity index (χ3v) is 7.94. The lowest BCUT2D eigenvalue weighted by Crippen LogP contribution is -2.33. The van der Waals surface area contributed by atoms with Crippen LogP contribution in [-0.4, -0.2) is 35.6 Å². The van der Waals surface area contributed by atoms with E-state index in [9.17, 15) is 14.4 Å². The Kier molecular flexibility index (Phi) is 28.7. The van der Waals surface area contributed by atoms with Gasteiger partial charge >= 0.3 is 11.9 Å². The maximum atomic E-state index is 12.5. The Bertz CT molecular complexity index is 622. The molecule has 0 rings (SSSR count). The first-order valence-electron chi connectivity index (χ1n) is 17.5. The van der Waals surface area contributed by atoms with Gasteiger partial charge in [0.15, 0.2) is 0 Å². The van der Waals surface area contributed by atoms with Gasteiger partial charge in [-0.3, -0.25) is 14.4 Å². The van der Waals surface area contributed by atoms with Crippen molar-refractivity contribution in [2.45, 2.75) is 194 Å². The van der Waals surface area contributed by atoms with E-state index in [-0.39, 0.29) is 18.3 Å². The van der Waals surface area contributed by atoms with Gasteiger partial charge in [0, 0.05) is 6.42 Å². The van der Waals surface area contributed by atoms with E-state index >= 15 is 0 Å². The van der Waals surface area contributed by atoms with Gasteiger partial charge in [-0.25, -0.2) is 0 Å². The number of hydrogen-bond acceptors (Lipinski definition) is 4. The highest BCUT2D eigenvalue weighted by Crippen LogP contribution is 2.17. The quantitative estimate of drug-likeness (QED) is 0.0628. The molecular formula is C35H67NO5. The number of carbonyl (C=O) groups is 3. The lowest BCUT2D eigenvalue weighted by molar-refractivity contribution is -0.151. The summed E-state index contributed by atoms with van der Waals surface area (Å²) in [5.74, 6) is -0.861. The molecule has 0 aromatic carbocycles. The van der Waals surface area contributed by atoms with Crippen molar-refractivity contribution in [3.8, 4) is 0 Å². The fourth-order valence-electron chi connectivity index (χ4n) is 5.35. The Morgan fingerprint density at radius 2 is 1.02 bits per heavy atom. The van der Waals surface area contributed by atoms with E-state index in [4.69, 9.17) is 9.84 Å². The predicted octanol–water partition coefficient (Wildman–Crippen LogP) is 9.92. The maximum Gasteiger partial charge on any atom is 0.322 e. The third-order valence-electron chi connectivity index (χ3n) is 7.94. The summed E-state index contributed by atoms with van der Waals surface area (Å²) in [6.07, 6.45) is 29.3. The standard InChI is InChI=1S/C35H67NO5/c1-4-5-6-7-8-9-10-11-15-18-21-24-27-32(29-33(37)36-30-34(38)39)41-35(40)28-25-22-19-16-13-12-14-17-20-23-26-31(2)3/h31-32H,4-30H2,1-3H3,(H,36,37)(H,38,39). The number of rotatable bonds is 31. The van der Waals surface area contributed by atoms with Crippen molar-refractivity contribution in [2.75, 3.05) is 6.54 Å². The molecule has 0 radical (unpaired) electrons. The van der Waals surface area contributed by atoms with Gasteiger partial charge in [0.2, 0.25) is 5.91 Å². The minimum Gasteiger partial charge on any atom is -0.480 e. The Balaban J connectivity index is 4.03. The smallest absolute Gasteiger partial charge is 0.322 e. The Hall–Kier alpha value is -1.59. The second kappa shape index (κ2) is 29.9. The predicted molar refractivity (Wildman–Crippen MR) is 171 cm³/mol. The van der Waals surface area contributed by atoms with Crippen molar-refractivity contribution in [1.29, 1.82) is 0 Å². The van der Waals surface area contributed by atoms with E-state index in [0.29, 0.717) is 12.8 Å². The topological polar surface area (TPSA) is 92.7 Å². The molecule has 0 spiro atoms. The van der Waals surface area contributed by atoms with Crippen molar-refractivity contribution in [3.05, 3.63) is 0 Å². The molecule has 0 saturated carbocycles. The number of nitrogens with one attached hydrogen (secondary N) is 1. The summed E-state index contributed by atoms with van der Waals surface area (Å²) >= 11 is 0. The van der Waals surface area contributed by atoms with Crippen LogP contribution in [-0.2, 0) is 19.1 Å². The van der Waals surface area contributed by atoms with E-state index in [0.717, 1.165) is 38.0 Å². The maximum absolute atomic E-state index is 12.5. The van der Waals surface area contributed by atoms with Gasteiger partial charge in [-0.05, 0) is 25.2 Å². The van der Waals surface area contributed by atoms with Gasteiger partial charge < -0.3 is 15.2 Å². The van der Waals surface area contributed by atoms with Crippen LogP contribution in [0.2, 0.25) is 0 Å². The van der Waals surface area contributed by atoms with Crippen molar-refractivity contribution in [3.63, 3.8) is 0 Å². The molecule has 242 valence electrons. The summed E-state index contributed by atoms with van der Waals surface area (Å²) in [5, 5.41) is 11.2. The van der Waals surface area contributed by atoms with Gasteiger partial charge in [-0.15, -0.1) is 0 Å². The van der Waals surface area contributed by atoms with Gasteiger partial charge in [0.05, 0.1) is 6.42 Å². The van der Waals surface area contributed by atoms with E-state index in [1.807, 2.05) is 0 Å². The zero-order valence-corrected chi connectivity index (χ0v) is 27.3. The number of hydrogen-bond donors (Lipinski definition) is 2. The third kappa shape index (κ3) is 31.2. The van der Waals surface area contributed by atoms with Crippen LogP contribution >= 0.6 is 0 Å². The summed E-state index contributed by atoms with van der Waals surface area (Å²) in [7, 11) is 0. The van der Waals surface area contributed by atoms with Crippen LogP contribution in [0.5, 0.6) is 0 Å². The molecule has 0 heterocycles. The first-order valence-corrected chi connectivity index (χ1v) is 17.5. The van der Waals surface area contributed by atoms with Gasteiger partial charge in [-0.1, -0.05) is 156 Å². The van der Waals surface area contributed by atoms with E-state index in [1.54, 1.807) is 0 Å². The summed E-state index contributed by atoms with van der Waals surface area (Å²) in [6.45, 7) is 6.43. The molecule has 1 amide bonds. The highest BCUT2D eigenvalue weighted by Gasteiger charge is 2.18. The Morgan fingerprint density at radius 1 is 0.610 bits per heavy atom. The van der Waals surface area contributed by atoms with Crippen molar-refractivity contribution < 1.29 is 24.2 Å². The van der Waals surface area contributed by atoms with E-state index < -0.39 is 18.6 Å². The Morgan fingerprint density at radius 3 is 1.46 bits per heavy atom. The number of unbranched alkanes of at least 4 members (excludes halogenated alkanes) is 20. The molecule has 2 N–H and O–H groups in total. The largest absolute Gasteiger partial charge is 0.480 e. The SMILES string of the molecule is CCCCCCCCCCCCCCC(CC(=O)NCC(=O)O)OC(=O)CCCCCCCCCCCCC(C)C. The van der Waals surface area contributed by atoms with Crippen molar-refractivity contribution in [2.24, 2.45) is 5.92 Å². The lowest BCUT2D eigenvalue weighted by atomic mass is 10.0. The summed E-state index contributed by atoms with van der Waals surface area (Å²) in [5.41, 5.74) is 0. The van der Waals surface area contributed by atoms with E-state index in [1.165, 1.54) is 116 Å². The molecule has 0 aliphatic rings. The van der Waals surface area contributed by atoms with Crippen molar-refractivity contribution in [1.82, 2.24) is 5.32 Å². The van der Waals surface area contributed by atoms with Crippen LogP contribution in [0.1, 0.15) is 188 Å². The van der Waals surface area contributed by atoms with Crippen LogP contribution in [0.15, 0.2) is 0 Å². The molecule has 0 fully saturated rings. The first kappa shape index (κ1) is 39.4. The minimum atomic E-state index is -1.07. The second-order valence-electron chi connectivity index (χ2n) is 12.6. The van der Waals surface area contributed by atoms with Crippen LogP contribution in [0.4, 0.5) is 0 Å². The summed E-state index contributed by atoms with van der Waals surface area (Å²) < 4.78 is 5.69. The van der Waals surface area contributed by atoms with Gasteiger partial charge in [0.1, 0.15) is 12.6 Å². The van der Waals surface area contributed by atoms with Crippen LogP contribution in [0.25, 0.3) is 0 Å². The molecule has 0 aliphatic carbocycles. The van der Waals surface area contributed by atoms with Crippen molar-refractivity contribution >= 4 is 17.8 Å².